The topological polar surface area (TPSA) is 63.9 Å². The minimum Gasteiger partial charge on any atom is -0.349 e. The molecule has 0 saturated heterocycles. The Hall–Kier alpha value is -1.80. The summed E-state index contributed by atoms with van der Waals surface area (Å²) in [5.74, 6) is 1.14. The third kappa shape index (κ3) is 3.94. The van der Waals surface area contributed by atoms with Crippen molar-refractivity contribution in [2.75, 3.05) is 17.3 Å². The number of fused-ring (bicyclic) bond motifs is 1. The van der Waals surface area contributed by atoms with Crippen LogP contribution in [0.3, 0.4) is 0 Å². The molecule has 2 aromatic rings. The lowest BCUT2D eigenvalue weighted by atomic mass is 10.2. The van der Waals surface area contributed by atoms with Crippen LogP contribution in [0.1, 0.15) is 19.4 Å². The highest BCUT2D eigenvalue weighted by Crippen LogP contribution is 2.33. The molecule has 23 heavy (non-hydrogen) atoms. The molecule has 1 unspecified atom stereocenters. The molecule has 0 saturated carbocycles. The van der Waals surface area contributed by atoms with Gasteiger partial charge in [0.2, 0.25) is 0 Å². The molecule has 0 fully saturated rings. The molecule has 124 valence electrons. The Bertz CT molecular complexity index is 772. The Balaban J connectivity index is 0.000000924. The molecular weight excluding hydrogens is 335 g/mol. The van der Waals surface area contributed by atoms with Crippen molar-refractivity contribution < 1.29 is 4.39 Å². The number of benzene rings is 1. The third-order valence-electron chi connectivity index (χ3n) is 3.22. The second kappa shape index (κ2) is 7.65. The van der Waals surface area contributed by atoms with Gasteiger partial charge in [0.1, 0.15) is 22.8 Å². The molecule has 1 aromatic heterocycles. The summed E-state index contributed by atoms with van der Waals surface area (Å²) in [4.78, 5) is 19.3. The molecule has 1 aromatic carbocycles. The van der Waals surface area contributed by atoms with E-state index < -0.39 is 0 Å². The Kier molecular flexibility index (Phi) is 5.84. The summed E-state index contributed by atoms with van der Waals surface area (Å²) in [6.45, 7) is 4.00. The summed E-state index contributed by atoms with van der Waals surface area (Å²) >= 11 is 6.59. The molecule has 3 rings (SSSR count). The Morgan fingerprint density at radius 2 is 1.91 bits per heavy atom. The van der Waals surface area contributed by atoms with Crippen molar-refractivity contribution >= 4 is 35.5 Å². The lowest BCUT2D eigenvalue weighted by Crippen LogP contribution is -2.29. The molecule has 0 bridgehead atoms. The number of H-pyrrole nitrogens is 2. The summed E-state index contributed by atoms with van der Waals surface area (Å²) < 4.78 is 13.2. The van der Waals surface area contributed by atoms with Gasteiger partial charge in [-0.2, -0.15) is 0 Å². The number of nitrogens with one attached hydrogen (secondary N) is 3. The van der Waals surface area contributed by atoms with E-state index in [0.29, 0.717) is 22.0 Å². The molecule has 0 spiro atoms. The molecule has 8 heteroatoms. The fourth-order valence-corrected chi connectivity index (χ4v) is 3.38. The number of rotatable bonds is 3. The van der Waals surface area contributed by atoms with Crippen LogP contribution in [0.2, 0.25) is 0 Å². The molecule has 1 atom stereocenters. The highest BCUT2D eigenvalue weighted by atomic mass is 32.2. The predicted octanol–water partition coefficient (Wildman–Crippen LogP) is 3.68. The normalized spacial score (nSPS) is 15.5. The van der Waals surface area contributed by atoms with Gasteiger partial charge < -0.3 is 15.2 Å². The van der Waals surface area contributed by atoms with E-state index in [4.69, 9.17) is 12.2 Å². The maximum atomic E-state index is 12.9. The smallest absolute Gasteiger partial charge is 0.277 e. The van der Waals surface area contributed by atoms with E-state index in [9.17, 15) is 9.18 Å². The first kappa shape index (κ1) is 17.6. The fraction of sp³-hybridized carbons (Fsp3) is 0.333. The minimum atomic E-state index is -0.244. The summed E-state index contributed by atoms with van der Waals surface area (Å²) in [7, 11) is 1.88. The SMILES string of the molecule is CC.CN1c2[nH]c(=S)[nH]c(=O)c2NC1SCc1ccc(F)cc1. The van der Waals surface area contributed by atoms with Crippen molar-refractivity contribution in [2.24, 2.45) is 0 Å². The monoisotopic (exact) mass is 354 g/mol. The van der Waals surface area contributed by atoms with Gasteiger partial charge in [-0.05, 0) is 29.9 Å². The second-order valence-corrected chi connectivity index (χ2v) is 6.15. The quantitative estimate of drug-likeness (QED) is 0.734. The number of hydrogen-bond donors (Lipinski definition) is 3. The van der Waals surface area contributed by atoms with Gasteiger partial charge in [-0.3, -0.25) is 9.78 Å². The van der Waals surface area contributed by atoms with Crippen LogP contribution < -0.4 is 15.8 Å². The summed E-state index contributed by atoms with van der Waals surface area (Å²) in [5.41, 5.74) is 1.20. The molecular formula is C15H19FN4OS2. The first-order chi connectivity index (χ1) is 11.0. The first-order valence-electron chi connectivity index (χ1n) is 7.26. The maximum Gasteiger partial charge on any atom is 0.277 e. The first-order valence-corrected chi connectivity index (χ1v) is 8.72. The van der Waals surface area contributed by atoms with E-state index in [1.165, 1.54) is 12.1 Å². The van der Waals surface area contributed by atoms with Crippen LogP contribution in [-0.4, -0.2) is 22.5 Å². The average Bonchev–Trinajstić information content (AvgIpc) is 2.86. The zero-order chi connectivity index (χ0) is 17.0. The highest BCUT2D eigenvalue weighted by molar-refractivity contribution is 7.99. The van der Waals surface area contributed by atoms with Crippen molar-refractivity contribution in [1.29, 1.82) is 0 Å². The number of anilines is 2. The van der Waals surface area contributed by atoms with E-state index in [0.717, 1.165) is 5.56 Å². The van der Waals surface area contributed by atoms with Crippen molar-refractivity contribution in [3.8, 4) is 0 Å². The van der Waals surface area contributed by atoms with Gasteiger partial charge in [-0.25, -0.2) is 4.39 Å². The molecule has 3 N–H and O–H groups in total. The van der Waals surface area contributed by atoms with Gasteiger partial charge in [-0.15, -0.1) is 11.8 Å². The number of hydrogen-bond acceptors (Lipinski definition) is 5. The standard InChI is InChI=1S/C13H13FN4OS2.C2H6/c1-18-10-9(11(19)17-12(20)16-10)15-13(18)21-6-7-2-4-8(14)5-3-7;1-2/h2-5,13,15H,6H2,1H3,(H2,16,17,19,20);1-2H3. The molecule has 0 aliphatic carbocycles. The van der Waals surface area contributed by atoms with Crippen molar-refractivity contribution in [3.63, 3.8) is 0 Å². The number of nitrogens with zero attached hydrogens (tertiary/aromatic N) is 1. The van der Waals surface area contributed by atoms with Gasteiger partial charge in [0.15, 0.2) is 4.77 Å². The highest BCUT2D eigenvalue weighted by Gasteiger charge is 2.28. The Morgan fingerprint density at radius 1 is 1.26 bits per heavy atom. The van der Waals surface area contributed by atoms with E-state index in [1.54, 1.807) is 23.9 Å². The Morgan fingerprint density at radius 3 is 2.57 bits per heavy atom. The van der Waals surface area contributed by atoms with Gasteiger partial charge in [0.25, 0.3) is 5.56 Å². The van der Waals surface area contributed by atoms with Crippen LogP contribution in [0.4, 0.5) is 15.9 Å². The van der Waals surface area contributed by atoms with Crippen LogP contribution in [-0.2, 0) is 5.75 Å². The largest absolute Gasteiger partial charge is 0.349 e. The number of aromatic nitrogens is 2. The molecule has 0 amide bonds. The number of halogens is 1. The Labute approximate surface area is 143 Å². The van der Waals surface area contributed by atoms with Gasteiger partial charge in [-0.1, -0.05) is 26.0 Å². The maximum absolute atomic E-state index is 12.9. The lowest BCUT2D eigenvalue weighted by Gasteiger charge is -2.20. The second-order valence-electron chi connectivity index (χ2n) is 4.68. The van der Waals surface area contributed by atoms with E-state index in [1.807, 2.05) is 25.8 Å². The van der Waals surface area contributed by atoms with Gasteiger partial charge in [0, 0.05) is 12.8 Å². The third-order valence-corrected chi connectivity index (χ3v) is 4.67. The summed E-state index contributed by atoms with van der Waals surface area (Å²) in [6.07, 6.45) is 0. The van der Waals surface area contributed by atoms with Crippen LogP contribution in [0.15, 0.2) is 29.1 Å². The molecule has 2 heterocycles. The predicted molar refractivity (Wildman–Crippen MR) is 97.1 cm³/mol. The van der Waals surface area contributed by atoms with Crippen LogP contribution >= 0.6 is 24.0 Å². The molecule has 1 aliphatic heterocycles. The van der Waals surface area contributed by atoms with Crippen molar-refractivity contribution in [1.82, 2.24) is 9.97 Å². The zero-order valence-corrected chi connectivity index (χ0v) is 14.8. The zero-order valence-electron chi connectivity index (χ0n) is 13.1. The number of aromatic amines is 2. The van der Waals surface area contributed by atoms with Crippen LogP contribution in [0, 0.1) is 10.6 Å². The van der Waals surface area contributed by atoms with Crippen molar-refractivity contribution in [2.45, 2.75) is 25.1 Å². The molecule has 5 nitrogen and oxygen atoms in total. The van der Waals surface area contributed by atoms with Crippen LogP contribution in [0.5, 0.6) is 0 Å². The van der Waals surface area contributed by atoms with E-state index in [-0.39, 0.29) is 16.9 Å². The minimum absolute atomic E-state index is 0.0841. The molecule has 1 aliphatic rings. The van der Waals surface area contributed by atoms with Crippen LogP contribution in [0.25, 0.3) is 0 Å². The summed E-state index contributed by atoms with van der Waals surface area (Å²) in [6, 6.07) is 6.40. The summed E-state index contributed by atoms with van der Waals surface area (Å²) in [5, 5.41) is 3.15. The van der Waals surface area contributed by atoms with E-state index >= 15 is 0 Å². The average molecular weight is 354 g/mol. The fourth-order valence-electron chi connectivity index (χ4n) is 2.12. The molecule has 0 radical (unpaired) electrons. The van der Waals surface area contributed by atoms with Gasteiger partial charge >= 0.3 is 0 Å². The number of thioether (sulfide) groups is 1. The van der Waals surface area contributed by atoms with Gasteiger partial charge in [0.05, 0.1) is 0 Å². The van der Waals surface area contributed by atoms with Crippen molar-refractivity contribution in [3.05, 3.63) is 50.8 Å². The lowest BCUT2D eigenvalue weighted by molar-refractivity contribution is 0.627. The van der Waals surface area contributed by atoms with E-state index in [2.05, 4.69) is 15.3 Å².